The molecule has 5 nitrogen and oxygen atoms in total. The minimum absolute atomic E-state index is 0.0687. The van der Waals surface area contributed by atoms with Crippen LogP contribution in [0.5, 0.6) is 0 Å². The number of rotatable bonds is 5. The molecule has 7 heteroatoms. The highest BCUT2D eigenvalue weighted by Crippen LogP contribution is 2.55. The van der Waals surface area contributed by atoms with E-state index < -0.39 is 33.3 Å². The number of nitriles is 2. The molecule has 0 saturated carbocycles. The molecule has 4 rings (SSSR count). The maximum Gasteiger partial charge on any atom is 0.243 e. The Balaban J connectivity index is 1.99. The van der Waals surface area contributed by atoms with E-state index in [9.17, 15) is 18.9 Å². The van der Waals surface area contributed by atoms with Crippen molar-refractivity contribution in [2.24, 2.45) is 11.3 Å². The summed E-state index contributed by atoms with van der Waals surface area (Å²) in [6, 6.07) is 26.0. The van der Waals surface area contributed by atoms with Gasteiger partial charge in [0.25, 0.3) is 0 Å². The molecule has 1 aliphatic heterocycles. The molecule has 1 aliphatic rings. The van der Waals surface area contributed by atoms with Crippen LogP contribution in [0.2, 0.25) is 5.02 Å². The fraction of sp³-hybridized carbons (Fsp3) is 0.214. The van der Waals surface area contributed by atoms with Crippen LogP contribution in [0.15, 0.2) is 96.4 Å². The summed E-state index contributed by atoms with van der Waals surface area (Å²) >= 11 is 6.10. The zero-order valence-electron chi connectivity index (χ0n) is 19.2. The molecular weight excluding hydrogens is 478 g/mol. The third-order valence-electron chi connectivity index (χ3n) is 6.72. The van der Waals surface area contributed by atoms with Crippen LogP contribution in [0.1, 0.15) is 28.7 Å². The van der Waals surface area contributed by atoms with Gasteiger partial charge in [-0.3, -0.25) is 0 Å². The fourth-order valence-corrected chi connectivity index (χ4v) is 6.76. The number of hydrogen-bond acceptors (Lipinski definition) is 4. The quantitative estimate of drug-likeness (QED) is 0.400. The van der Waals surface area contributed by atoms with E-state index in [0.29, 0.717) is 10.6 Å². The van der Waals surface area contributed by atoms with Gasteiger partial charge < -0.3 is 0 Å². The van der Waals surface area contributed by atoms with Gasteiger partial charge in [0.15, 0.2) is 5.41 Å². The normalized spacial score (nSPS) is 22.0. The monoisotopic (exact) mass is 501 g/mol. The second-order valence-electron chi connectivity index (χ2n) is 8.71. The van der Waals surface area contributed by atoms with Gasteiger partial charge in [-0.2, -0.15) is 14.8 Å². The first-order chi connectivity index (χ1) is 16.8. The molecule has 0 spiro atoms. The van der Waals surface area contributed by atoms with Crippen molar-refractivity contribution in [1.29, 1.82) is 10.5 Å². The third kappa shape index (κ3) is 4.26. The summed E-state index contributed by atoms with van der Waals surface area (Å²) in [5, 5.41) is 21.6. The standard InChI is InChI=1S/C28H24ClN3O2S/c1-3-26-25(21-11-13-23(29)14-12-21)17-32(35(33,34)24-15-9-20(2)10-16-24)27(28(26,18-30)19-31)22-7-5-4-6-8-22/h3-16,25-27H,1,17H2,2H3/t25-,26+,27-/m0/s1. The van der Waals surface area contributed by atoms with Crippen LogP contribution in [0, 0.1) is 40.9 Å². The number of hydrogen-bond donors (Lipinski definition) is 0. The second kappa shape index (κ2) is 9.68. The summed E-state index contributed by atoms with van der Waals surface area (Å²) < 4.78 is 29.5. The molecule has 3 atom stereocenters. The molecule has 176 valence electrons. The predicted octanol–water partition coefficient (Wildman–Crippen LogP) is 6.01. The summed E-state index contributed by atoms with van der Waals surface area (Å²) in [6.45, 7) is 5.91. The fourth-order valence-electron chi connectivity index (χ4n) is 4.96. The van der Waals surface area contributed by atoms with Crippen molar-refractivity contribution in [2.75, 3.05) is 6.54 Å². The van der Waals surface area contributed by atoms with E-state index in [1.165, 1.54) is 4.31 Å². The summed E-state index contributed by atoms with van der Waals surface area (Å²) in [5.41, 5.74) is 0.567. The highest BCUT2D eigenvalue weighted by molar-refractivity contribution is 7.89. The van der Waals surface area contributed by atoms with Gasteiger partial charge in [-0.05, 0) is 42.3 Å². The summed E-state index contributed by atoms with van der Waals surface area (Å²) in [7, 11) is -4.08. The Morgan fingerprint density at radius 1 is 0.971 bits per heavy atom. The molecule has 0 bridgehead atoms. The number of benzene rings is 3. The maximum atomic E-state index is 14.1. The topological polar surface area (TPSA) is 85.0 Å². The van der Waals surface area contributed by atoms with E-state index in [1.807, 2.05) is 25.1 Å². The number of allylic oxidation sites excluding steroid dienone is 1. The molecule has 0 amide bonds. The second-order valence-corrected chi connectivity index (χ2v) is 11.0. The zero-order chi connectivity index (χ0) is 25.2. The Morgan fingerprint density at radius 3 is 2.11 bits per heavy atom. The Morgan fingerprint density at radius 2 is 1.57 bits per heavy atom. The van der Waals surface area contributed by atoms with Crippen LogP contribution < -0.4 is 0 Å². The first kappa shape index (κ1) is 24.7. The number of sulfonamides is 1. The number of halogens is 1. The SMILES string of the molecule is C=C[C@@H]1[C@H](c2ccc(Cl)cc2)CN(S(=O)(=O)c2ccc(C)cc2)[C@@H](c2ccccc2)C1(C#N)C#N. The maximum absolute atomic E-state index is 14.1. The smallest absolute Gasteiger partial charge is 0.207 e. The molecular formula is C28H24ClN3O2S. The molecule has 0 aliphatic carbocycles. The minimum atomic E-state index is -4.08. The van der Waals surface area contributed by atoms with E-state index in [4.69, 9.17) is 11.6 Å². The van der Waals surface area contributed by atoms with Gasteiger partial charge in [0.1, 0.15) is 0 Å². The minimum Gasteiger partial charge on any atom is -0.207 e. The predicted molar refractivity (Wildman–Crippen MR) is 136 cm³/mol. The van der Waals surface area contributed by atoms with Crippen molar-refractivity contribution in [2.45, 2.75) is 23.8 Å². The lowest BCUT2D eigenvalue weighted by Crippen LogP contribution is -2.54. The van der Waals surface area contributed by atoms with E-state index in [0.717, 1.165) is 11.1 Å². The molecule has 0 radical (unpaired) electrons. The first-order valence-electron chi connectivity index (χ1n) is 11.1. The van der Waals surface area contributed by atoms with Crippen molar-refractivity contribution < 1.29 is 8.42 Å². The first-order valence-corrected chi connectivity index (χ1v) is 12.9. The Bertz CT molecular complexity index is 1390. The van der Waals surface area contributed by atoms with Crippen LogP contribution in [-0.2, 0) is 10.0 Å². The van der Waals surface area contributed by atoms with Crippen molar-refractivity contribution in [1.82, 2.24) is 4.31 Å². The van der Waals surface area contributed by atoms with Crippen molar-refractivity contribution in [3.63, 3.8) is 0 Å². The largest absolute Gasteiger partial charge is 0.243 e. The molecule has 3 aromatic rings. The van der Waals surface area contributed by atoms with E-state index in [2.05, 4.69) is 18.7 Å². The Labute approximate surface area is 211 Å². The van der Waals surface area contributed by atoms with Gasteiger partial charge in [-0.15, -0.1) is 6.58 Å². The van der Waals surface area contributed by atoms with Crippen molar-refractivity contribution in [3.8, 4) is 12.1 Å². The van der Waals surface area contributed by atoms with E-state index >= 15 is 0 Å². The Kier molecular flexibility index (Phi) is 6.83. The van der Waals surface area contributed by atoms with E-state index in [-0.39, 0.29) is 11.4 Å². The molecule has 1 heterocycles. The zero-order valence-corrected chi connectivity index (χ0v) is 20.7. The van der Waals surface area contributed by atoms with Crippen LogP contribution >= 0.6 is 11.6 Å². The lowest BCUT2D eigenvalue weighted by molar-refractivity contribution is 0.101. The van der Waals surface area contributed by atoms with Gasteiger partial charge in [-0.1, -0.05) is 77.8 Å². The highest BCUT2D eigenvalue weighted by Gasteiger charge is 2.58. The molecule has 0 aromatic heterocycles. The van der Waals surface area contributed by atoms with Crippen molar-refractivity contribution in [3.05, 3.63) is 113 Å². The highest BCUT2D eigenvalue weighted by atomic mass is 35.5. The molecule has 1 fully saturated rings. The average molecular weight is 502 g/mol. The number of aryl methyl sites for hydroxylation is 1. The molecule has 0 N–H and O–H groups in total. The van der Waals surface area contributed by atoms with Crippen LogP contribution in [0.25, 0.3) is 0 Å². The summed E-state index contributed by atoms with van der Waals surface area (Å²) in [4.78, 5) is 0.112. The molecule has 3 aromatic carbocycles. The van der Waals surface area contributed by atoms with Crippen molar-refractivity contribution >= 4 is 21.6 Å². The van der Waals surface area contributed by atoms with Crippen LogP contribution in [0.3, 0.4) is 0 Å². The molecule has 0 unspecified atom stereocenters. The van der Waals surface area contributed by atoms with Gasteiger partial charge >= 0.3 is 0 Å². The summed E-state index contributed by atoms with van der Waals surface area (Å²) in [5.74, 6) is -1.11. The molecule has 35 heavy (non-hydrogen) atoms. The average Bonchev–Trinajstić information content (AvgIpc) is 2.88. The third-order valence-corrected chi connectivity index (χ3v) is 8.82. The lowest BCUT2D eigenvalue weighted by atomic mass is 9.61. The van der Waals surface area contributed by atoms with Gasteiger partial charge in [-0.25, -0.2) is 8.42 Å². The van der Waals surface area contributed by atoms with Gasteiger partial charge in [0, 0.05) is 23.4 Å². The van der Waals surface area contributed by atoms with Gasteiger partial charge in [0.05, 0.1) is 23.1 Å². The molecule has 1 saturated heterocycles. The van der Waals surface area contributed by atoms with E-state index in [1.54, 1.807) is 66.7 Å². The van der Waals surface area contributed by atoms with Crippen LogP contribution in [0.4, 0.5) is 0 Å². The van der Waals surface area contributed by atoms with Crippen LogP contribution in [-0.4, -0.2) is 19.3 Å². The van der Waals surface area contributed by atoms with Gasteiger partial charge in [0.2, 0.25) is 10.0 Å². The summed E-state index contributed by atoms with van der Waals surface area (Å²) in [6.07, 6.45) is 1.61. The lowest BCUT2D eigenvalue weighted by Gasteiger charge is -2.49. The number of piperidine rings is 1. The number of nitrogens with zero attached hydrogens (tertiary/aromatic N) is 3. The Hall–Kier alpha value is -3.42.